The fourth-order valence-electron chi connectivity index (χ4n) is 1.57. The van der Waals surface area contributed by atoms with E-state index in [0.29, 0.717) is 13.2 Å². The van der Waals surface area contributed by atoms with E-state index < -0.39 is 4.92 Å². The van der Waals surface area contributed by atoms with Crippen molar-refractivity contribution in [1.29, 1.82) is 0 Å². The largest absolute Gasteiger partial charge is 0.381 e. The fraction of sp³-hybridized carbons (Fsp3) is 0.625. The van der Waals surface area contributed by atoms with Crippen molar-refractivity contribution in [1.82, 2.24) is 9.78 Å². The van der Waals surface area contributed by atoms with Crippen LogP contribution in [0.5, 0.6) is 0 Å². The van der Waals surface area contributed by atoms with Gasteiger partial charge in [-0.1, -0.05) is 0 Å². The molecule has 0 atom stereocenters. The molecule has 6 nitrogen and oxygen atoms in total. The van der Waals surface area contributed by atoms with E-state index in [2.05, 4.69) is 5.10 Å². The van der Waals surface area contributed by atoms with Gasteiger partial charge >= 0.3 is 5.69 Å². The predicted octanol–water partition coefficient (Wildman–Crippen LogP) is 1.14. The van der Waals surface area contributed by atoms with Crippen molar-refractivity contribution in [3.05, 3.63) is 22.5 Å². The Kier molecular flexibility index (Phi) is 2.45. The molecule has 1 fully saturated rings. The molecule has 1 aliphatic rings. The van der Waals surface area contributed by atoms with Gasteiger partial charge in [-0.3, -0.25) is 14.8 Å². The normalized spacial score (nSPS) is 18.3. The van der Waals surface area contributed by atoms with E-state index in [9.17, 15) is 10.1 Å². The number of rotatable bonds is 2. The van der Waals surface area contributed by atoms with Crippen molar-refractivity contribution in [2.24, 2.45) is 0 Å². The van der Waals surface area contributed by atoms with E-state index in [1.54, 1.807) is 4.68 Å². The molecule has 0 aliphatic carbocycles. The molecule has 0 amide bonds. The minimum atomic E-state index is -0.428. The van der Waals surface area contributed by atoms with Crippen molar-refractivity contribution in [3.8, 4) is 0 Å². The Labute approximate surface area is 80.6 Å². The topological polar surface area (TPSA) is 70.2 Å². The zero-order valence-corrected chi connectivity index (χ0v) is 7.63. The lowest BCUT2D eigenvalue weighted by Gasteiger charge is -2.21. The Morgan fingerprint density at radius 2 is 2.29 bits per heavy atom. The van der Waals surface area contributed by atoms with Gasteiger partial charge in [-0.25, -0.2) is 0 Å². The average molecular weight is 197 g/mol. The highest BCUT2D eigenvalue weighted by atomic mass is 16.6. The van der Waals surface area contributed by atoms with Crippen LogP contribution in [0.3, 0.4) is 0 Å². The monoisotopic (exact) mass is 197 g/mol. The van der Waals surface area contributed by atoms with Crippen molar-refractivity contribution >= 4 is 5.69 Å². The number of nitro groups is 1. The summed E-state index contributed by atoms with van der Waals surface area (Å²) in [4.78, 5) is 10.00. The third-order valence-corrected chi connectivity index (χ3v) is 2.36. The molecule has 0 bridgehead atoms. The summed E-state index contributed by atoms with van der Waals surface area (Å²) in [5.74, 6) is 0. The summed E-state index contributed by atoms with van der Waals surface area (Å²) in [6.45, 7) is 1.41. The van der Waals surface area contributed by atoms with Crippen LogP contribution < -0.4 is 0 Å². The van der Waals surface area contributed by atoms with E-state index in [1.807, 2.05) is 0 Å². The van der Waals surface area contributed by atoms with Gasteiger partial charge in [-0.2, -0.15) is 5.10 Å². The molecule has 2 heterocycles. The summed E-state index contributed by atoms with van der Waals surface area (Å²) >= 11 is 0. The van der Waals surface area contributed by atoms with Gasteiger partial charge in [0.1, 0.15) is 12.4 Å². The van der Waals surface area contributed by atoms with Gasteiger partial charge in [-0.05, 0) is 12.8 Å². The summed E-state index contributed by atoms with van der Waals surface area (Å²) in [5.41, 5.74) is 0.0523. The van der Waals surface area contributed by atoms with Crippen LogP contribution in [0.4, 0.5) is 5.69 Å². The molecule has 0 aromatic carbocycles. The highest BCUT2D eigenvalue weighted by molar-refractivity contribution is 5.21. The average Bonchev–Trinajstić information content (AvgIpc) is 2.68. The number of hydrogen-bond acceptors (Lipinski definition) is 4. The molecule has 14 heavy (non-hydrogen) atoms. The van der Waals surface area contributed by atoms with Crippen molar-refractivity contribution in [2.75, 3.05) is 13.2 Å². The lowest BCUT2D eigenvalue weighted by molar-refractivity contribution is -0.385. The fourth-order valence-corrected chi connectivity index (χ4v) is 1.57. The summed E-state index contributed by atoms with van der Waals surface area (Å²) in [5, 5.41) is 14.4. The quantitative estimate of drug-likeness (QED) is 0.526. The summed E-state index contributed by atoms with van der Waals surface area (Å²) in [6, 6.07) is 0.248. The highest BCUT2D eigenvalue weighted by Gasteiger charge is 2.18. The first-order valence-electron chi connectivity index (χ1n) is 4.53. The SMILES string of the molecule is O=[N+]([O-])c1cnn(C2CCOCC2)c1. The van der Waals surface area contributed by atoms with Crippen LogP contribution in [0.1, 0.15) is 18.9 Å². The lowest BCUT2D eigenvalue weighted by Crippen LogP contribution is -2.19. The Morgan fingerprint density at radius 3 is 2.86 bits per heavy atom. The van der Waals surface area contributed by atoms with Crippen LogP contribution in [0, 0.1) is 10.1 Å². The molecule has 0 saturated carbocycles. The Morgan fingerprint density at radius 1 is 1.57 bits per heavy atom. The molecule has 1 saturated heterocycles. The van der Waals surface area contributed by atoms with Gasteiger partial charge < -0.3 is 4.74 Å². The lowest BCUT2D eigenvalue weighted by atomic mass is 10.1. The molecule has 0 radical (unpaired) electrons. The minimum absolute atomic E-state index is 0.0523. The van der Waals surface area contributed by atoms with Crippen LogP contribution in [0.25, 0.3) is 0 Å². The Bertz CT molecular complexity index is 330. The van der Waals surface area contributed by atoms with Crippen LogP contribution in [0.15, 0.2) is 12.4 Å². The zero-order valence-electron chi connectivity index (χ0n) is 7.63. The van der Waals surface area contributed by atoms with Crippen LogP contribution in [-0.4, -0.2) is 27.9 Å². The third kappa shape index (κ3) is 1.74. The molecule has 0 unspecified atom stereocenters. The van der Waals surface area contributed by atoms with Crippen LogP contribution in [0.2, 0.25) is 0 Å². The predicted molar refractivity (Wildman–Crippen MR) is 48.0 cm³/mol. The summed E-state index contributed by atoms with van der Waals surface area (Å²) in [7, 11) is 0. The van der Waals surface area contributed by atoms with Crippen LogP contribution >= 0.6 is 0 Å². The van der Waals surface area contributed by atoms with Crippen molar-refractivity contribution in [3.63, 3.8) is 0 Å². The third-order valence-electron chi connectivity index (χ3n) is 2.36. The highest BCUT2D eigenvalue weighted by Crippen LogP contribution is 2.21. The maximum absolute atomic E-state index is 10.4. The second-order valence-corrected chi connectivity index (χ2v) is 3.28. The maximum Gasteiger partial charge on any atom is 0.307 e. The summed E-state index contributed by atoms with van der Waals surface area (Å²) < 4.78 is 6.87. The molecule has 1 aromatic rings. The minimum Gasteiger partial charge on any atom is -0.381 e. The summed E-state index contributed by atoms with van der Waals surface area (Å²) in [6.07, 6.45) is 4.52. The van der Waals surface area contributed by atoms with Gasteiger partial charge in [0.05, 0.1) is 11.0 Å². The van der Waals surface area contributed by atoms with Crippen molar-refractivity contribution < 1.29 is 9.66 Å². The number of ether oxygens (including phenoxy) is 1. The van der Waals surface area contributed by atoms with Gasteiger partial charge in [0, 0.05) is 13.2 Å². The van der Waals surface area contributed by atoms with E-state index >= 15 is 0 Å². The molecule has 0 spiro atoms. The first-order valence-corrected chi connectivity index (χ1v) is 4.53. The van der Waals surface area contributed by atoms with E-state index in [-0.39, 0.29) is 11.7 Å². The molecule has 1 aromatic heterocycles. The van der Waals surface area contributed by atoms with Gasteiger partial charge in [-0.15, -0.1) is 0 Å². The smallest absolute Gasteiger partial charge is 0.307 e. The first-order chi connectivity index (χ1) is 6.77. The maximum atomic E-state index is 10.4. The van der Waals surface area contributed by atoms with Crippen molar-refractivity contribution in [2.45, 2.75) is 18.9 Å². The molecular formula is C8H11N3O3. The Balaban J connectivity index is 2.11. The first kappa shape index (κ1) is 9.14. The molecule has 6 heteroatoms. The second kappa shape index (κ2) is 3.75. The molecular weight excluding hydrogens is 186 g/mol. The van der Waals surface area contributed by atoms with E-state index in [0.717, 1.165) is 12.8 Å². The van der Waals surface area contributed by atoms with Crippen LogP contribution in [-0.2, 0) is 4.74 Å². The van der Waals surface area contributed by atoms with Gasteiger partial charge in [0.25, 0.3) is 0 Å². The molecule has 1 aliphatic heterocycles. The van der Waals surface area contributed by atoms with Gasteiger partial charge in [0.2, 0.25) is 0 Å². The van der Waals surface area contributed by atoms with E-state index in [4.69, 9.17) is 4.74 Å². The number of hydrogen-bond donors (Lipinski definition) is 0. The standard InChI is InChI=1S/C8H11N3O3/c12-11(13)8-5-9-10(6-8)7-1-3-14-4-2-7/h5-7H,1-4H2. The second-order valence-electron chi connectivity index (χ2n) is 3.28. The zero-order chi connectivity index (χ0) is 9.97. The van der Waals surface area contributed by atoms with E-state index in [1.165, 1.54) is 12.4 Å². The molecule has 2 rings (SSSR count). The number of aromatic nitrogens is 2. The van der Waals surface area contributed by atoms with Gasteiger partial charge in [0.15, 0.2) is 0 Å². The molecule has 76 valence electrons. The molecule has 0 N–H and O–H groups in total. The number of nitrogens with zero attached hydrogens (tertiary/aromatic N) is 3. The Hall–Kier alpha value is -1.43.